The van der Waals surface area contributed by atoms with Crippen molar-refractivity contribution in [2.45, 2.75) is 20.0 Å². The Labute approximate surface area is 200 Å². The van der Waals surface area contributed by atoms with E-state index in [0.29, 0.717) is 17.1 Å². The lowest BCUT2D eigenvalue weighted by atomic mass is 10.1. The summed E-state index contributed by atoms with van der Waals surface area (Å²) >= 11 is 0. The highest BCUT2D eigenvalue weighted by Crippen LogP contribution is 2.30. The molecule has 0 saturated heterocycles. The number of rotatable bonds is 6. The first-order valence-corrected chi connectivity index (χ1v) is 10.7. The monoisotopic (exact) mass is 471 g/mol. The zero-order valence-electron chi connectivity index (χ0n) is 18.9. The van der Waals surface area contributed by atoms with Crippen LogP contribution in [0.25, 0.3) is 0 Å². The fourth-order valence-corrected chi connectivity index (χ4v) is 3.55. The minimum atomic E-state index is -1.09. The molecule has 0 bridgehead atoms. The van der Waals surface area contributed by atoms with Crippen LogP contribution in [0.2, 0.25) is 0 Å². The van der Waals surface area contributed by atoms with Crippen molar-refractivity contribution < 1.29 is 28.7 Å². The molecule has 3 aromatic rings. The van der Waals surface area contributed by atoms with Crippen molar-refractivity contribution >= 4 is 46.7 Å². The number of hydrogen-bond acceptors (Lipinski definition) is 6. The maximum Gasteiger partial charge on any atom is 0.338 e. The SMILES string of the molecule is CC(=O)Nc1ccc(N2C(=O)c3ccc(C(=O)OC(C)C(=O)Nc4ccccc4)cc3C2=O)cc1. The quantitative estimate of drug-likeness (QED) is 0.418. The smallest absolute Gasteiger partial charge is 0.338 e. The molecule has 35 heavy (non-hydrogen) atoms. The lowest BCUT2D eigenvalue weighted by Crippen LogP contribution is -2.30. The molecule has 1 unspecified atom stereocenters. The van der Waals surface area contributed by atoms with Gasteiger partial charge in [0.05, 0.1) is 22.4 Å². The number of anilines is 3. The molecule has 0 radical (unpaired) electrons. The van der Waals surface area contributed by atoms with Gasteiger partial charge in [-0.25, -0.2) is 9.69 Å². The van der Waals surface area contributed by atoms with Gasteiger partial charge < -0.3 is 15.4 Å². The van der Waals surface area contributed by atoms with Gasteiger partial charge in [-0.15, -0.1) is 0 Å². The summed E-state index contributed by atoms with van der Waals surface area (Å²) in [4.78, 5) is 63.0. The van der Waals surface area contributed by atoms with Crippen LogP contribution in [0.3, 0.4) is 0 Å². The summed E-state index contributed by atoms with van der Waals surface area (Å²) in [5.74, 6) is -2.69. The third-order valence-electron chi connectivity index (χ3n) is 5.26. The van der Waals surface area contributed by atoms with E-state index >= 15 is 0 Å². The van der Waals surface area contributed by atoms with Crippen LogP contribution in [0.5, 0.6) is 0 Å². The van der Waals surface area contributed by atoms with Gasteiger partial charge in [0.2, 0.25) is 5.91 Å². The molecule has 0 spiro atoms. The van der Waals surface area contributed by atoms with Crippen LogP contribution < -0.4 is 15.5 Å². The number of esters is 1. The summed E-state index contributed by atoms with van der Waals surface area (Å²) in [6, 6.07) is 19.0. The van der Waals surface area contributed by atoms with Gasteiger partial charge in [-0.1, -0.05) is 18.2 Å². The number of nitrogens with one attached hydrogen (secondary N) is 2. The van der Waals surface area contributed by atoms with Crippen molar-refractivity contribution in [3.05, 3.63) is 89.5 Å². The van der Waals surface area contributed by atoms with Gasteiger partial charge in [0.25, 0.3) is 17.7 Å². The zero-order chi connectivity index (χ0) is 25.1. The van der Waals surface area contributed by atoms with E-state index in [9.17, 15) is 24.0 Å². The number of benzene rings is 3. The molecule has 0 fully saturated rings. The molecule has 1 aliphatic rings. The first kappa shape index (κ1) is 23.4. The van der Waals surface area contributed by atoms with Crippen molar-refractivity contribution in [1.82, 2.24) is 0 Å². The highest BCUT2D eigenvalue weighted by molar-refractivity contribution is 6.34. The molecule has 1 aliphatic heterocycles. The second kappa shape index (κ2) is 9.60. The van der Waals surface area contributed by atoms with E-state index in [0.717, 1.165) is 4.90 Å². The fourth-order valence-electron chi connectivity index (χ4n) is 3.55. The maximum absolute atomic E-state index is 13.0. The van der Waals surface area contributed by atoms with Crippen LogP contribution in [0.1, 0.15) is 44.9 Å². The number of para-hydroxylation sites is 1. The molecule has 0 aromatic heterocycles. The lowest BCUT2D eigenvalue weighted by Gasteiger charge is -2.14. The number of carbonyl (C=O) groups is 5. The Morgan fingerprint density at radius 2 is 1.43 bits per heavy atom. The molecule has 0 saturated carbocycles. The number of ether oxygens (including phenoxy) is 1. The molecular formula is C26H21N3O6. The molecule has 1 atom stereocenters. The van der Waals surface area contributed by atoms with Crippen molar-refractivity contribution in [1.29, 1.82) is 0 Å². The van der Waals surface area contributed by atoms with Gasteiger partial charge in [-0.2, -0.15) is 0 Å². The molecule has 9 nitrogen and oxygen atoms in total. The van der Waals surface area contributed by atoms with E-state index in [1.807, 2.05) is 0 Å². The minimum Gasteiger partial charge on any atom is -0.449 e. The Hall–Kier alpha value is -4.79. The van der Waals surface area contributed by atoms with Crippen LogP contribution in [0, 0.1) is 0 Å². The summed E-state index contributed by atoms with van der Waals surface area (Å²) in [6.07, 6.45) is -1.09. The fraction of sp³-hybridized carbons (Fsp3) is 0.115. The van der Waals surface area contributed by atoms with E-state index < -0.39 is 29.8 Å². The number of imide groups is 1. The number of hydrogen-bond donors (Lipinski definition) is 2. The molecule has 4 rings (SSSR count). The van der Waals surface area contributed by atoms with Gasteiger partial charge in [0.1, 0.15) is 0 Å². The molecule has 176 valence electrons. The number of carbonyl (C=O) groups excluding carboxylic acids is 5. The molecule has 0 aliphatic carbocycles. The third kappa shape index (κ3) is 4.93. The number of nitrogens with zero attached hydrogens (tertiary/aromatic N) is 1. The Balaban J connectivity index is 1.47. The summed E-state index contributed by atoms with van der Waals surface area (Å²) < 4.78 is 5.25. The van der Waals surface area contributed by atoms with Gasteiger partial charge >= 0.3 is 5.97 Å². The lowest BCUT2D eigenvalue weighted by molar-refractivity contribution is -0.123. The molecule has 3 aromatic carbocycles. The number of amides is 4. The molecule has 1 heterocycles. The topological polar surface area (TPSA) is 122 Å². The average Bonchev–Trinajstić information content (AvgIpc) is 3.09. The summed E-state index contributed by atoms with van der Waals surface area (Å²) in [6.45, 7) is 2.81. The Morgan fingerprint density at radius 1 is 0.800 bits per heavy atom. The van der Waals surface area contributed by atoms with E-state index in [-0.39, 0.29) is 22.6 Å². The molecule has 9 heteroatoms. The predicted octanol–water partition coefficient (Wildman–Crippen LogP) is 3.63. The van der Waals surface area contributed by atoms with E-state index in [1.54, 1.807) is 42.5 Å². The van der Waals surface area contributed by atoms with Gasteiger partial charge in [-0.3, -0.25) is 19.2 Å². The van der Waals surface area contributed by atoms with E-state index in [4.69, 9.17) is 4.74 Å². The van der Waals surface area contributed by atoms with Crippen LogP contribution in [-0.2, 0) is 14.3 Å². The summed E-state index contributed by atoms with van der Waals surface area (Å²) in [7, 11) is 0. The Bertz CT molecular complexity index is 1330. The van der Waals surface area contributed by atoms with Crippen molar-refractivity contribution in [3.63, 3.8) is 0 Å². The Kier molecular flexibility index (Phi) is 6.41. The molecular weight excluding hydrogens is 450 g/mol. The average molecular weight is 471 g/mol. The second-order valence-electron chi connectivity index (χ2n) is 7.84. The van der Waals surface area contributed by atoms with Crippen LogP contribution in [-0.4, -0.2) is 35.7 Å². The summed E-state index contributed by atoms with van der Waals surface area (Å²) in [5, 5.41) is 5.26. The van der Waals surface area contributed by atoms with Gasteiger partial charge in [-0.05, 0) is 61.5 Å². The third-order valence-corrected chi connectivity index (χ3v) is 5.26. The molecule has 4 amide bonds. The van der Waals surface area contributed by atoms with Crippen molar-refractivity contribution in [3.8, 4) is 0 Å². The number of fused-ring (bicyclic) bond motifs is 1. The van der Waals surface area contributed by atoms with Gasteiger partial charge in [0, 0.05) is 18.3 Å². The minimum absolute atomic E-state index is 0.0344. The first-order chi connectivity index (χ1) is 16.7. The molecule has 2 N–H and O–H groups in total. The van der Waals surface area contributed by atoms with Crippen molar-refractivity contribution in [2.24, 2.45) is 0 Å². The maximum atomic E-state index is 13.0. The van der Waals surface area contributed by atoms with Gasteiger partial charge in [0.15, 0.2) is 6.10 Å². The highest BCUT2D eigenvalue weighted by atomic mass is 16.5. The van der Waals surface area contributed by atoms with Crippen LogP contribution in [0.15, 0.2) is 72.8 Å². The van der Waals surface area contributed by atoms with E-state index in [2.05, 4.69) is 10.6 Å². The van der Waals surface area contributed by atoms with E-state index in [1.165, 1.54) is 44.2 Å². The van der Waals surface area contributed by atoms with Crippen LogP contribution >= 0.6 is 0 Å². The highest BCUT2D eigenvalue weighted by Gasteiger charge is 2.37. The Morgan fingerprint density at radius 3 is 2.09 bits per heavy atom. The standard InChI is InChI=1S/C26H21N3O6/c1-15(23(31)28-18-6-4-3-5-7-18)35-26(34)17-8-13-21-22(14-17)25(33)29(24(21)32)20-11-9-19(10-12-20)27-16(2)30/h3-15H,1-2H3,(H,27,30)(H,28,31). The summed E-state index contributed by atoms with van der Waals surface area (Å²) in [5.41, 5.74) is 1.64. The first-order valence-electron chi connectivity index (χ1n) is 10.7. The van der Waals surface area contributed by atoms with Crippen LogP contribution in [0.4, 0.5) is 17.1 Å². The predicted molar refractivity (Wildman–Crippen MR) is 128 cm³/mol. The zero-order valence-corrected chi connectivity index (χ0v) is 18.9. The van der Waals surface area contributed by atoms with Crippen molar-refractivity contribution in [2.75, 3.05) is 15.5 Å². The normalized spacial score (nSPS) is 13.1. The largest absolute Gasteiger partial charge is 0.449 e. The second-order valence-corrected chi connectivity index (χ2v) is 7.84.